The topological polar surface area (TPSA) is 54.7 Å². The Labute approximate surface area is 116 Å². The maximum atomic E-state index is 6.12. The van der Waals surface area contributed by atoms with Crippen molar-refractivity contribution in [3.8, 4) is 21.3 Å². The Balaban J connectivity index is 2.05. The lowest BCUT2D eigenvalue weighted by Gasteiger charge is -1.97. The van der Waals surface area contributed by atoms with Crippen molar-refractivity contribution in [1.82, 2.24) is 15.2 Å². The molecule has 0 saturated heterocycles. The van der Waals surface area contributed by atoms with Gasteiger partial charge in [-0.25, -0.2) is 10.1 Å². The molecule has 1 N–H and O–H groups in total. The van der Waals surface area contributed by atoms with Crippen LogP contribution in [-0.4, -0.2) is 15.2 Å². The average molecular weight is 296 g/mol. The van der Waals surface area contributed by atoms with E-state index in [-0.39, 0.29) is 4.84 Å². The van der Waals surface area contributed by atoms with Gasteiger partial charge in [-0.3, -0.25) is 0 Å². The number of aromatic amines is 1. The largest absolute Gasteiger partial charge is 0.408 e. The summed E-state index contributed by atoms with van der Waals surface area (Å²) in [5, 5.41) is 8.02. The summed E-state index contributed by atoms with van der Waals surface area (Å²) in [6.45, 7) is 0. The minimum atomic E-state index is 0.248. The molecule has 0 unspecified atom stereocenters. The SMILES string of the molecule is S=c1[nH]nc(-c2cnc(-c3ccccc3Cl)s2)o1. The zero-order chi connectivity index (χ0) is 12.5. The van der Waals surface area contributed by atoms with E-state index in [2.05, 4.69) is 15.2 Å². The number of hydrogen-bond acceptors (Lipinski definition) is 5. The quantitative estimate of drug-likeness (QED) is 0.721. The minimum Gasteiger partial charge on any atom is -0.408 e. The van der Waals surface area contributed by atoms with Crippen LogP contribution in [0.3, 0.4) is 0 Å². The Morgan fingerprint density at radius 2 is 2.17 bits per heavy atom. The van der Waals surface area contributed by atoms with Crippen LogP contribution >= 0.6 is 35.2 Å². The van der Waals surface area contributed by atoms with Crippen molar-refractivity contribution in [2.75, 3.05) is 0 Å². The molecule has 0 aliphatic carbocycles. The summed E-state index contributed by atoms with van der Waals surface area (Å²) in [6, 6.07) is 7.55. The number of rotatable bonds is 2. The number of nitrogens with zero attached hydrogens (tertiary/aromatic N) is 2. The van der Waals surface area contributed by atoms with Gasteiger partial charge in [0.15, 0.2) is 0 Å². The molecule has 3 aromatic rings. The van der Waals surface area contributed by atoms with Gasteiger partial charge in [0.05, 0.1) is 11.2 Å². The minimum absolute atomic E-state index is 0.248. The highest BCUT2D eigenvalue weighted by Gasteiger charge is 2.12. The molecule has 18 heavy (non-hydrogen) atoms. The molecule has 3 rings (SSSR count). The van der Waals surface area contributed by atoms with Crippen LogP contribution in [0.25, 0.3) is 21.3 Å². The standard InChI is InChI=1S/C11H6ClN3OS2/c12-7-4-2-1-3-6(7)10-13-5-8(18-10)9-14-15-11(17)16-9/h1-5H,(H,15,17). The number of hydrogen-bond donors (Lipinski definition) is 1. The molecular weight excluding hydrogens is 290 g/mol. The Bertz CT molecular complexity index is 746. The van der Waals surface area contributed by atoms with Crippen molar-refractivity contribution in [1.29, 1.82) is 0 Å². The Kier molecular flexibility index (Phi) is 2.99. The molecule has 0 saturated carbocycles. The van der Waals surface area contributed by atoms with Gasteiger partial charge < -0.3 is 4.42 Å². The molecule has 4 nitrogen and oxygen atoms in total. The van der Waals surface area contributed by atoms with Crippen LogP contribution in [0.15, 0.2) is 34.9 Å². The van der Waals surface area contributed by atoms with Crippen molar-refractivity contribution < 1.29 is 4.42 Å². The third kappa shape index (κ3) is 2.10. The molecule has 0 aliphatic heterocycles. The fourth-order valence-corrected chi connectivity index (χ4v) is 2.75. The monoisotopic (exact) mass is 295 g/mol. The first-order chi connectivity index (χ1) is 8.74. The lowest BCUT2D eigenvalue weighted by molar-refractivity contribution is 0.553. The second-order valence-corrected chi connectivity index (χ2v) is 5.24. The van der Waals surface area contributed by atoms with Gasteiger partial charge >= 0.3 is 0 Å². The summed E-state index contributed by atoms with van der Waals surface area (Å²) in [7, 11) is 0. The zero-order valence-corrected chi connectivity index (χ0v) is 11.3. The summed E-state index contributed by atoms with van der Waals surface area (Å²) in [4.78, 5) is 5.37. The Hall–Kier alpha value is -1.50. The van der Waals surface area contributed by atoms with E-state index >= 15 is 0 Å². The van der Waals surface area contributed by atoms with E-state index < -0.39 is 0 Å². The zero-order valence-electron chi connectivity index (χ0n) is 8.88. The highest BCUT2D eigenvalue weighted by atomic mass is 35.5. The first kappa shape index (κ1) is 11.6. The molecule has 1 aromatic carbocycles. The molecule has 0 atom stereocenters. The van der Waals surface area contributed by atoms with Crippen LogP contribution < -0.4 is 0 Å². The van der Waals surface area contributed by atoms with Gasteiger partial charge in [-0.2, -0.15) is 0 Å². The third-order valence-electron chi connectivity index (χ3n) is 2.26. The molecule has 0 bridgehead atoms. The molecule has 0 aliphatic rings. The first-order valence-corrected chi connectivity index (χ1v) is 6.61. The normalized spacial score (nSPS) is 10.7. The molecule has 90 valence electrons. The molecule has 7 heteroatoms. The molecule has 2 aromatic heterocycles. The first-order valence-electron chi connectivity index (χ1n) is 5.00. The van der Waals surface area contributed by atoms with Crippen molar-refractivity contribution >= 4 is 35.2 Å². The number of thiazole rings is 1. The van der Waals surface area contributed by atoms with E-state index in [4.69, 9.17) is 28.2 Å². The molecular formula is C11H6ClN3OS2. The predicted octanol–water partition coefficient (Wildman–Crippen LogP) is 4.18. The Morgan fingerprint density at radius 1 is 1.33 bits per heavy atom. The van der Waals surface area contributed by atoms with Gasteiger partial charge in [0.2, 0.25) is 0 Å². The van der Waals surface area contributed by atoms with E-state index in [1.165, 1.54) is 11.3 Å². The van der Waals surface area contributed by atoms with Crippen LogP contribution in [0.1, 0.15) is 0 Å². The summed E-state index contributed by atoms with van der Waals surface area (Å²) in [5.74, 6) is 0.441. The summed E-state index contributed by atoms with van der Waals surface area (Å²) in [5.41, 5.74) is 0.893. The van der Waals surface area contributed by atoms with Crippen LogP contribution in [0.2, 0.25) is 5.02 Å². The summed E-state index contributed by atoms with van der Waals surface area (Å²) >= 11 is 12.4. The van der Waals surface area contributed by atoms with Gasteiger partial charge in [0, 0.05) is 5.56 Å². The van der Waals surface area contributed by atoms with Crippen LogP contribution in [-0.2, 0) is 0 Å². The smallest absolute Gasteiger partial charge is 0.284 e. The summed E-state index contributed by atoms with van der Waals surface area (Å²) in [6.07, 6.45) is 1.69. The number of benzene rings is 1. The maximum absolute atomic E-state index is 6.12. The van der Waals surface area contributed by atoms with E-state index in [1.54, 1.807) is 6.20 Å². The van der Waals surface area contributed by atoms with Crippen LogP contribution in [0.5, 0.6) is 0 Å². The Morgan fingerprint density at radius 3 is 2.89 bits per heavy atom. The van der Waals surface area contributed by atoms with Gasteiger partial charge in [0.25, 0.3) is 10.7 Å². The molecule has 0 amide bonds. The third-order valence-corrected chi connectivity index (χ3v) is 3.78. The fourth-order valence-electron chi connectivity index (χ4n) is 1.47. The lowest BCUT2D eigenvalue weighted by atomic mass is 10.2. The highest BCUT2D eigenvalue weighted by Crippen LogP contribution is 2.34. The van der Waals surface area contributed by atoms with Crippen molar-refractivity contribution in [3.63, 3.8) is 0 Å². The van der Waals surface area contributed by atoms with Gasteiger partial charge in [-0.15, -0.1) is 16.4 Å². The second kappa shape index (κ2) is 4.64. The van der Waals surface area contributed by atoms with Crippen molar-refractivity contribution in [2.24, 2.45) is 0 Å². The molecule has 0 radical (unpaired) electrons. The number of H-pyrrole nitrogens is 1. The summed E-state index contributed by atoms with van der Waals surface area (Å²) < 4.78 is 5.23. The van der Waals surface area contributed by atoms with Gasteiger partial charge in [-0.05, 0) is 18.3 Å². The average Bonchev–Trinajstić information content (AvgIpc) is 2.98. The number of halogens is 1. The van der Waals surface area contributed by atoms with Crippen molar-refractivity contribution in [2.45, 2.75) is 0 Å². The van der Waals surface area contributed by atoms with E-state index in [1.807, 2.05) is 24.3 Å². The number of nitrogens with one attached hydrogen (secondary N) is 1. The molecule has 0 spiro atoms. The molecule has 2 heterocycles. The maximum Gasteiger partial charge on any atom is 0.284 e. The van der Waals surface area contributed by atoms with Crippen LogP contribution in [0, 0.1) is 4.84 Å². The number of aromatic nitrogens is 3. The van der Waals surface area contributed by atoms with Crippen LogP contribution in [0.4, 0.5) is 0 Å². The molecule has 0 fully saturated rings. The fraction of sp³-hybridized carbons (Fsp3) is 0. The van der Waals surface area contributed by atoms with E-state index in [0.717, 1.165) is 15.4 Å². The van der Waals surface area contributed by atoms with Gasteiger partial charge in [0.1, 0.15) is 9.88 Å². The lowest BCUT2D eigenvalue weighted by Crippen LogP contribution is -1.75. The van der Waals surface area contributed by atoms with Crippen molar-refractivity contribution in [3.05, 3.63) is 40.3 Å². The van der Waals surface area contributed by atoms with Gasteiger partial charge in [-0.1, -0.05) is 29.8 Å². The highest BCUT2D eigenvalue weighted by molar-refractivity contribution is 7.71. The predicted molar refractivity (Wildman–Crippen MR) is 73.2 cm³/mol. The second-order valence-electron chi connectivity index (χ2n) is 3.43. The van der Waals surface area contributed by atoms with E-state index in [9.17, 15) is 0 Å². The van der Waals surface area contributed by atoms with E-state index in [0.29, 0.717) is 10.9 Å².